The molecule has 0 saturated heterocycles. The summed E-state index contributed by atoms with van der Waals surface area (Å²) in [6.45, 7) is 0.168. The van der Waals surface area contributed by atoms with E-state index >= 15 is 0 Å². The molecule has 114 valence electrons. The van der Waals surface area contributed by atoms with E-state index in [1.807, 2.05) is 5.32 Å². The first-order valence-electron chi connectivity index (χ1n) is 6.46. The molecule has 0 radical (unpaired) electrons. The van der Waals surface area contributed by atoms with Crippen molar-refractivity contribution in [3.63, 3.8) is 0 Å². The van der Waals surface area contributed by atoms with Crippen molar-refractivity contribution in [3.05, 3.63) is 59.9 Å². The number of para-hydroxylation sites is 1. The molecule has 0 unspecified atom stereocenters. The molecule has 22 heavy (non-hydrogen) atoms. The van der Waals surface area contributed by atoms with Crippen molar-refractivity contribution in [1.82, 2.24) is 10.3 Å². The number of hydrogen-bond donors (Lipinski definition) is 2. The Morgan fingerprint density at radius 3 is 2.36 bits per heavy atom. The smallest absolute Gasteiger partial charge is 0.233 e. The van der Waals surface area contributed by atoms with Crippen molar-refractivity contribution in [2.45, 2.75) is 13.0 Å². The third-order valence-corrected chi connectivity index (χ3v) is 2.74. The van der Waals surface area contributed by atoms with Crippen LogP contribution in [0.15, 0.2) is 42.6 Å². The summed E-state index contributed by atoms with van der Waals surface area (Å²) in [6.07, 6.45) is 1.04. The number of amides is 2. The standard InChI is InChI=1S/C15H13F2N3O2/c16-11-5-3-6-12(17)15(11)20-14(22)8-13(21)19-9-10-4-1-2-7-18-10/h1-7H,8-9H2,(H,19,21)(H,20,22). The van der Waals surface area contributed by atoms with E-state index in [9.17, 15) is 18.4 Å². The fourth-order valence-corrected chi connectivity index (χ4v) is 1.70. The molecule has 2 N–H and O–H groups in total. The second kappa shape index (κ2) is 7.26. The van der Waals surface area contributed by atoms with Crippen molar-refractivity contribution in [2.24, 2.45) is 0 Å². The van der Waals surface area contributed by atoms with Crippen LogP contribution < -0.4 is 10.6 Å². The zero-order valence-corrected chi connectivity index (χ0v) is 11.5. The van der Waals surface area contributed by atoms with Gasteiger partial charge >= 0.3 is 0 Å². The fraction of sp³-hybridized carbons (Fsp3) is 0.133. The van der Waals surface area contributed by atoms with Gasteiger partial charge < -0.3 is 10.6 Å². The molecule has 0 spiro atoms. The van der Waals surface area contributed by atoms with Crippen molar-refractivity contribution in [3.8, 4) is 0 Å². The number of carbonyl (C=O) groups is 2. The lowest BCUT2D eigenvalue weighted by Crippen LogP contribution is -2.28. The second-order valence-electron chi connectivity index (χ2n) is 4.42. The van der Waals surface area contributed by atoms with Gasteiger partial charge in [-0.2, -0.15) is 0 Å². The highest BCUT2D eigenvalue weighted by molar-refractivity contribution is 6.03. The fourth-order valence-electron chi connectivity index (χ4n) is 1.70. The lowest BCUT2D eigenvalue weighted by molar-refractivity contribution is -0.126. The minimum atomic E-state index is -0.901. The Morgan fingerprint density at radius 2 is 1.73 bits per heavy atom. The van der Waals surface area contributed by atoms with Gasteiger partial charge in [-0.25, -0.2) is 8.78 Å². The first-order valence-corrected chi connectivity index (χ1v) is 6.46. The molecular formula is C15H13F2N3O2. The zero-order valence-electron chi connectivity index (χ0n) is 11.5. The van der Waals surface area contributed by atoms with Crippen LogP contribution in [-0.4, -0.2) is 16.8 Å². The average Bonchev–Trinajstić information content (AvgIpc) is 2.50. The molecular weight excluding hydrogens is 292 g/mol. The molecule has 2 rings (SSSR count). The van der Waals surface area contributed by atoms with E-state index in [1.165, 1.54) is 6.07 Å². The largest absolute Gasteiger partial charge is 0.350 e. The molecule has 5 nitrogen and oxygen atoms in total. The number of rotatable bonds is 5. The molecule has 0 aliphatic carbocycles. The monoisotopic (exact) mass is 305 g/mol. The van der Waals surface area contributed by atoms with Crippen LogP contribution in [0.25, 0.3) is 0 Å². The maximum absolute atomic E-state index is 13.4. The molecule has 0 fully saturated rings. The number of carbonyl (C=O) groups excluding carboxylic acids is 2. The molecule has 0 saturated carbocycles. The van der Waals surface area contributed by atoms with Crippen LogP contribution in [0.1, 0.15) is 12.1 Å². The number of benzene rings is 1. The highest BCUT2D eigenvalue weighted by Crippen LogP contribution is 2.17. The van der Waals surface area contributed by atoms with E-state index < -0.39 is 35.6 Å². The van der Waals surface area contributed by atoms with Gasteiger partial charge in [-0.05, 0) is 24.3 Å². The van der Waals surface area contributed by atoms with Crippen LogP contribution in [-0.2, 0) is 16.1 Å². The molecule has 1 aromatic heterocycles. The zero-order chi connectivity index (χ0) is 15.9. The number of nitrogens with zero attached hydrogens (tertiary/aromatic N) is 1. The van der Waals surface area contributed by atoms with Crippen molar-refractivity contribution < 1.29 is 18.4 Å². The lowest BCUT2D eigenvalue weighted by atomic mass is 10.2. The molecule has 0 bridgehead atoms. The van der Waals surface area contributed by atoms with Gasteiger partial charge in [-0.15, -0.1) is 0 Å². The topological polar surface area (TPSA) is 71.1 Å². The van der Waals surface area contributed by atoms with Crippen molar-refractivity contribution >= 4 is 17.5 Å². The van der Waals surface area contributed by atoms with E-state index in [-0.39, 0.29) is 6.54 Å². The highest BCUT2D eigenvalue weighted by Gasteiger charge is 2.14. The van der Waals surface area contributed by atoms with Gasteiger partial charge in [0.15, 0.2) is 0 Å². The summed E-state index contributed by atoms with van der Waals surface area (Å²) in [6, 6.07) is 8.43. The Morgan fingerprint density at radius 1 is 1.00 bits per heavy atom. The van der Waals surface area contributed by atoms with Gasteiger partial charge in [0.2, 0.25) is 11.8 Å². The normalized spacial score (nSPS) is 10.1. The second-order valence-corrected chi connectivity index (χ2v) is 4.42. The van der Waals surface area contributed by atoms with E-state index in [4.69, 9.17) is 0 Å². The SMILES string of the molecule is O=C(CC(=O)Nc1c(F)cccc1F)NCc1ccccn1. The maximum atomic E-state index is 13.4. The van der Waals surface area contributed by atoms with Gasteiger partial charge in [0.1, 0.15) is 23.7 Å². The average molecular weight is 305 g/mol. The predicted octanol–water partition coefficient (Wildman–Crippen LogP) is 2.00. The Labute approximate surface area is 125 Å². The summed E-state index contributed by atoms with van der Waals surface area (Å²) >= 11 is 0. The van der Waals surface area contributed by atoms with Gasteiger partial charge in [0, 0.05) is 6.20 Å². The van der Waals surface area contributed by atoms with Crippen LogP contribution in [0.2, 0.25) is 0 Å². The first kappa shape index (κ1) is 15.6. The minimum absolute atomic E-state index is 0.168. The number of hydrogen-bond acceptors (Lipinski definition) is 3. The molecule has 7 heteroatoms. The van der Waals surface area contributed by atoms with Crippen LogP contribution in [0.5, 0.6) is 0 Å². The maximum Gasteiger partial charge on any atom is 0.233 e. The molecule has 0 atom stereocenters. The first-order chi connectivity index (χ1) is 10.6. The minimum Gasteiger partial charge on any atom is -0.350 e. The van der Waals surface area contributed by atoms with Gasteiger partial charge in [0.25, 0.3) is 0 Å². The third-order valence-electron chi connectivity index (χ3n) is 2.74. The van der Waals surface area contributed by atoms with E-state index in [2.05, 4.69) is 10.3 Å². The van der Waals surface area contributed by atoms with Crippen LogP contribution >= 0.6 is 0 Å². The van der Waals surface area contributed by atoms with E-state index in [0.717, 1.165) is 12.1 Å². The van der Waals surface area contributed by atoms with Crippen molar-refractivity contribution in [1.29, 1.82) is 0 Å². The number of nitrogens with one attached hydrogen (secondary N) is 2. The number of anilines is 1. The van der Waals surface area contributed by atoms with E-state index in [0.29, 0.717) is 5.69 Å². The van der Waals surface area contributed by atoms with Gasteiger partial charge in [-0.3, -0.25) is 14.6 Å². The third kappa shape index (κ3) is 4.34. The van der Waals surface area contributed by atoms with Crippen LogP contribution in [0.4, 0.5) is 14.5 Å². The molecule has 1 aromatic carbocycles. The van der Waals surface area contributed by atoms with Gasteiger partial charge in [-0.1, -0.05) is 12.1 Å². The summed E-state index contributed by atoms with van der Waals surface area (Å²) in [5.41, 5.74) is 0.0708. The number of pyridine rings is 1. The Bertz CT molecular complexity index is 657. The Hall–Kier alpha value is -2.83. The van der Waals surface area contributed by atoms with Crippen LogP contribution in [0.3, 0.4) is 0 Å². The summed E-state index contributed by atoms with van der Waals surface area (Å²) in [4.78, 5) is 27.2. The van der Waals surface area contributed by atoms with Crippen LogP contribution in [0, 0.1) is 11.6 Å². The van der Waals surface area contributed by atoms with E-state index in [1.54, 1.807) is 24.4 Å². The quantitative estimate of drug-likeness (QED) is 0.830. The molecule has 2 amide bonds. The molecule has 1 heterocycles. The Balaban J connectivity index is 1.85. The summed E-state index contributed by atoms with van der Waals surface area (Å²) < 4.78 is 26.7. The summed E-state index contributed by atoms with van der Waals surface area (Å²) in [5, 5.41) is 4.54. The van der Waals surface area contributed by atoms with Gasteiger partial charge in [0.05, 0.1) is 12.2 Å². The predicted molar refractivity (Wildman–Crippen MR) is 75.7 cm³/mol. The Kier molecular flexibility index (Phi) is 5.13. The highest BCUT2D eigenvalue weighted by atomic mass is 19.1. The summed E-state index contributed by atoms with van der Waals surface area (Å²) in [7, 11) is 0. The van der Waals surface area contributed by atoms with Crippen molar-refractivity contribution in [2.75, 3.05) is 5.32 Å². The lowest BCUT2D eigenvalue weighted by Gasteiger charge is -2.08. The summed E-state index contributed by atoms with van der Waals surface area (Å²) in [5.74, 6) is -3.17. The number of aromatic nitrogens is 1. The molecule has 0 aliphatic rings. The molecule has 2 aromatic rings. The molecule has 0 aliphatic heterocycles. The number of halogens is 2.